The highest BCUT2D eigenvalue weighted by atomic mass is 16.5. The highest BCUT2D eigenvalue weighted by Crippen LogP contribution is 2.34. The Labute approximate surface area is 197 Å². The maximum absolute atomic E-state index is 12.5. The number of piperazine rings is 1. The predicted molar refractivity (Wildman–Crippen MR) is 124 cm³/mol. The summed E-state index contributed by atoms with van der Waals surface area (Å²) in [5, 5.41) is 10.5. The van der Waals surface area contributed by atoms with Gasteiger partial charge in [0.25, 0.3) is 0 Å². The molecule has 1 fully saturated rings. The monoisotopic (exact) mass is 468 g/mol. The van der Waals surface area contributed by atoms with Crippen LogP contribution in [0.5, 0.6) is 11.5 Å². The second-order valence-electron chi connectivity index (χ2n) is 8.10. The van der Waals surface area contributed by atoms with Crippen molar-refractivity contribution in [1.82, 2.24) is 4.90 Å². The molecule has 3 heterocycles. The van der Waals surface area contributed by atoms with Crippen LogP contribution in [0.25, 0.3) is 0 Å². The van der Waals surface area contributed by atoms with Crippen molar-refractivity contribution in [2.45, 2.75) is 18.9 Å². The molecular weight excluding hydrogens is 440 g/mol. The van der Waals surface area contributed by atoms with Crippen molar-refractivity contribution in [1.29, 1.82) is 0 Å². The number of hydrogen-bond acceptors (Lipinski definition) is 9. The van der Waals surface area contributed by atoms with Gasteiger partial charge in [-0.2, -0.15) is 0 Å². The molecule has 1 atom stereocenters. The predicted octanol–water partition coefficient (Wildman–Crippen LogP) is 2.96. The molecule has 1 aliphatic rings. The lowest BCUT2D eigenvalue weighted by Gasteiger charge is -2.35. The lowest BCUT2D eigenvalue weighted by molar-refractivity contribution is -0.141. The van der Waals surface area contributed by atoms with Gasteiger partial charge in [-0.05, 0) is 36.4 Å². The van der Waals surface area contributed by atoms with Crippen LogP contribution in [-0.2, 0) is 16.1 Å². The maximum Gasteiger partial charge on any atom is 0.306 e. The molecule has 9 nitrogen and oxygen atoms in total. The number of carbonyl (C=O) groups is 1. The van der Waals surface area contributed by atoms with E-state index >= 15 is 0 Å². The van der Waals surface area contributed by atoms with Crippen molar-refractivity contribution >= 4 is 11.7 Å². The van der Waals surface area contributed by atoms with Crippen molar-refractivity contribution in [3.05, 3.63) is 76.2 Å². The average Bonchev–Trinajstić information content (AvgIpc) is 3.40. The van der Waals surface area contributed by atoms with Crippen LogP contribution in [0.1, 0.15) is 29.6 Å². The Hall–Kier alpha value is -3.72. The number of hydrogen-bond donors (Lipinski definition) is 1. The zero-order chi connectivity index (χ0) is 24.1. The molecule has 1 N–H and O–H groups in total. The minimum absolute atomic E-state index is 0.000260. The van der Waals surface area contributed by atoms with E-state index in [0.717, 1.165) is 37.6 Å². The van der Waals surface area contributed by atoms with Crippen LogP contribution in [0.4, 0.5) is 5.69 Å². The first kappa shape index (κ1) is 23.4. The minimum atomic E-state index is -0.776. The first-order chi connectivity index (χ1) is 16.5. The summed E-state index contributed by atoms with van der Waals surface area (Å²) in [4.78, 5) is 29.0. The number of ether oxygens (including phenoxy) is 2. The van der Waals surface area contributed by atoms with Gasteiger partial charge < -0.3 is 28.3 Å². The van der Waals surface area contributed by atoms with E-state index in [9.17, 15) is 14.7 Å². The van der Waals surface area contributed by atoms with Crippen molar-refractivity contribution in [2.24, 2.45) is 0 Å². The third-order valence-corrected chi connectivity index (χ3v) is 5.99. The Morgan fingerprint density at radius 3 is 2.47 bits per heavy atom. The fourth-order valence-corrected chi connectivity index (χ4v) is 4.11. The summed E-state index contributed by atoms with van der Waals surface area (Å²) < 4.78 is 21.4. The summed E-state index contributed by atoms with van der Waals surface area (Å²) in [7, 11) is 2.92. The Kier molecular flexibility index (Phi) is 7.22. The van der Waals surface area contributed by atoms with Gasteiger partial charge >= 0.3 is 5.97 Å². The molecule has 1 aromatic carbocycles. The lowest BCUT2D eigenvalue weighted by atomic mass is 9.98. The van der Waals surface area contributed by atoms with E-state index < -0.39 is 23.1 Å². The van der Waals surface area contributed by atoms with Crippen molar-refractivity contribution < 1.29 is 28.2 Å². The number of nitrogens with zero attached hydrogens (tertiary/aromatic N) is 2. The quantitative estimate of drug-likeness (QED) is 0.500. The second kappa shape index (κ2) is 10.5. The SMILES string of the molecule is COC(=O)C[C@H](c1ccco1)c1oc(CN2CCN(c3ccc(OC)cc3)CC2)cc(=O)c1O. The number of anilines is 1. The largest absolute Gasteiger partial charge is 0.502 e. The number of rotatable bonds is 8. The van der Waals surface area contributed by atoms with Crippen LogP contribution in [0.15, 0.2) is 62.4 Å². The molecule has 2 aromatic heterocycles. The minimum Gasteiger partial charge on any atom is -0.502 e. The molecule has 9 heteroatoms. The molecule has 180 valence electrons. The normalized spacial score (nSPS) is 15.2. The molecule has 4 rings (SSSR count). The molecule has 0 radical (unpaired) electrons. The zero-order valence-electron chi connectivity index (χ0n) is 19.2. The third kappa shape index (κ3) is 5.26. The van der Waals surface area contributed by atoms with Crippen LogP contribution in [-0.4, -0.2) is 56.4 Å². The van der Waals surface area contributed by atoms with Crippen LogP contribution in [0.2, 0.25) is 0 Å². The van der Waals surface area contributed by atoms with Crippen LogP contribution in [0.3, 0.4) is 0 Å². The van der Waals surface area contributed by atoms with E-state index in [1.807, 2.05) is 24.3 Å². The number of carbonyl (C=O) groups excluding carboxylic acids is 1. The highest BCUT2D eigenvalue weighted by molar-refractivity contribution is 5.71. The van der Waals surface area contributed by atoms with Gasteiger partial charge in [0.1, 0.15) is 17.3 Å². The number of aromatic hydroxyl groups is 1. The van der Waals surface area contributed by atoms with E-state index in [1.54, 1.807) is 19.2 Å². The zero-order valence-corrected chi connectivity index (χ0v) is 19.2. The van der Waals surface area contributed by atoms with Crippen LogP contribution >= 0.6 is 0 Å². The molecule has 0 bridgehead atoms. The topological polar surface area (TPSA) is 106 Å². The number of furan rings is 1. The maximum atomic E-state index is 12.5. The van der Waals surface area contributed by atoms with Gasteiger partial charge in [-0.1, -0.05) is 0 Å². The van der Waals surface area contributed by atoms with Crippen molar-refractivity contribution in [3.63, 3.8) is 0 Å². The standard InChI is InChI=1S/C25H28N2O7/c1-31-18-7-5-17(6-8-18)27-11-9-26(10-12-27)16-19-14-21(28)24(30)25(34-19)20(15-23(29)32-2)22-4-3-13-33-22/h3-8,13-14,20,30H,9-12,15-16H2,1-2H3/t20-/m1/s1. The van der Waals surface area contributed by atoms with Gasteiger partial charge in [-0.25, -0.2) is 0 Å². The summed E-state index contributed by atoms with van der Waals surface area (Å²) in [6.07, 6.45) is 1.32. The molecule has 3 aromatic rings. The first-order valence-corrected chi connectivity index (χ1v) is 11.1. The molecule has 0 aliphatic carbocycles. The van der Waals surface area contributed by atoms with Crippen LogP contribution < -0.4 is 15.1 Å². The number of esters is 1. The van der Waals surface area contributed by atoms with Crippen molar-refractivity contribution in [3.8, 4) is 11.5 Å². The second-order valence-corrected chi connectivity index (χ2v) is 8.10. The number of benzene rings is 1. The molecule has 34 heavy (non-hydrogen) atoms. The Bertz CT molecular complexity index is 1150. The Morgan fingerprint density at radius 2 is 1.85 bits per heavy atom. The summed E-state index contributed by atoms with van der Waals surface area (Å²) in [5.74, 6) is -0.185. The van der Waals surface area contributed by atoms with E-state index in [-0.39, 0.29) is 12.2 Å². The molecule has 0 saturated carbocycles. The molecule has 0 amide bonds. The van der Waals surface area contributed by atoms with Crippen molar-refractivity contribution in [2.75, 3.05) is 45.3 Å². The summed E-state index contributed by atoms with van der Waals surface area (Å²) in [6.45, 7) is 3.59. The molecule has 0 unspecified atom stereocenters. The summed E-state index contributed by atoms with van der Waals surface area (Å²) in [6, 6.07) is 12.6. The Morgan fingerprint density at radius 1 is 1.12 bits per heavy atom. The fourth-order valence-electron chi connectivity index (χ4n) is 4.11. The van der Waals surface area contributed by atoms with Crippen LogP contribution in [0, 0.1) is 0 Å². The van der Waals surface area contributed by atoms with Gasteiger partial charge in [-0.15, -0.1) is 0 Å². The van der Waals surface area contributed by atoms with E-state index in [4.69, 9.17) is 18.3 Å². The van der Waals surface area contributed by atoms with E-state index in [2.05, 4.69) is 9.80 Å². The first-order valence-electron chi connectivity index (χ1n) is 11.1. The highest BCUT2D eigenvalue weighted by Gasteiger charge is 2.29. The summed E-state index contributed by atoms with van der Waals surface area (Å²) in [5.41, 5.74) is 0.567. The smallest absolute Gasteiger partial charge is 0.306 e. The number of methoxy groups -OCH3 is 2. The summed E-state index contributed by atoms with van der Waals surface area (Å²) >= 11 is 0. The van der Waals surface area contributed by atoms with Gasteiger partial charge in [0, 0.05) is 37.9 Å². The van der Waals surface area contributed by atoms with E-state index in [1.165, 1.54) is 19.4 Å². The lowest BCUT2D eigenvalue weighted by Crippen LogP contribution is -2.46. The van der Waals surface area contributed by atoms with Gasteiger partial charge in [0.15, 0.2) is 5.76 Å². The van der Waals surface area contributed by atoms with Gasteiger partial charge in [0.2, 0.25) is 11.2 Å². The molecular formula is C25H28N2O7. The third-order valence-electron chi connectivity index (χ3n) is 5.99. The van der Waals surface area contributed by atoms with Gasteiger partial charge in [-0.3, -0.25) is 14.5 Å². The average molecular weight is 469 g/mol. The fraction of sp³-hybridized carbons (Fsp3) is 0.360. The Balaban J connectivity index is 1.49. The molecule has 1 saturated heterocycles. The molecule has 1 aliphatic heterocycles. The van der Waals surface area contributed by atoms with E-state index in [0.29, 0.717) is 18.1 Å². The molecule has 0 spiro atoms. The van der Waals surface area contributed by atoms with Gasteiger partial charge in [0.05, 0.1) is 39.4 Å².